The number of amides is 3. The van der Waals surface area contributed by atoms with Crippen LogP contribution in [0.15, 0.2) is 54.7 Å². The van der Waals surface area contributed by atoms with Crippen molar-refractivity contribution < 1.29 is 14.3 Å². The van der Waals surface area contributed by atoms with Crippen molar-refractivity contribution in [1.82, 2.24) is 15.5 Å². The van der Waals surface area contributed by atoms with Gasteiger partial charge in [0.05, 0.1) is 13.7 Å². The zero-order valence-corrected chi connectivity index (χ0v) is 15.6. The molecule has 4 N–H and O–H groups in total. The molecule has 0 aliphatic carbocycles. The number of benzene rings is 2. The summed E-state index contributed by atoms with van der Waals surface area (Å²) >= 11 is 0. The first-order valence-corrected chi connectivity index (χ1v) is 9.04. The number of nitrogens with one attached hydrogen (secondary N) is 2. The van der Waals surface area contributed by atoms with Gasteiger partial charge in [-0.2, -0.15) is 0 Å². The minimum Gasteiger partial charge on any atom is -0.497 e. The molecule has 2 heterocycles. The van der Waals surface area contributed by atoms with E-state index in [1.165, 1.54) is 0 Å². The number of carbonyl (C=O) groups excluding carboxylic acids is 2. The Morgan fingerprint density at radius 3 is 2.61 bits per heavy atom. The molecule has 2 aromatic rings. The predicted octanol–water partition coefficient (Wildman–Crippen LogP) is 2.00. The van der Waals surface area contributed by atoms with E-state index in [2.05, 4.69) is 17.2 Å². The summed E-state index contributed by atoms with van der Waals surface area (Å²) in [6, 6.07) is 12.4. The highest BCUT2D eigenvalue weighted by atomic mass is 16.5. The number of nitrogens with two attached hydrogens (primary N) is 1. The molecule has 0 spiro atoms. The predicted molar refractivity (Wildman–Crippen MR) is 106 cm³/mol. The van der Waals surface area contributed by atoms with E-state index in [9.17, 15) is 9.59 Å². The van der Waals surface area contributed by atoms with Gasteiger partial charge in [0.25, 0.3) is 5.91 Å². The Labute approximate surface area is 163 Å². The van der Waals surface area contributed by atoms with Gasteiger partial charge in [-0.15, -0.1) is 0 Å². The van der Waals surface area contributed by atoms with Crippen LogP contribution in [0.2, 0.25) is 0 Å². The fraction of sp³-hybridized carbons (Fsp3) is 0.238. The van der Waals surface area contributed by atoms with Gasteiger partial charge in [0.2, 0.25) is 0 Å². The molecule has 2 aliphatic heterocycles. The molecule has 2 aliphatic rings. The fourth-order valence-electron chi connectivity index (χ4n) is 3.86. The molecule has 144 valence electrons. The Kier molecular flexibility index (Phi) is 4.22. The third-order valence-corrected chi connectivity index (χ3v) is 5.42. The van der Waals surface area contributed by atoms with Gasteiger partial charge < -0.3 is 26.0 Å². The normalized spacial score (nSPS) is 21.2. The first-order chi connectivity index (χ1) is 13.4. The minimum atomic E-state index is -0.912. The van der Waals surface area contributed by atoms with Crippen LogP contribution in [0.25, 0.3) is 0 Å². The fourth-order valence-corrected chi connectivity index (χ4v) is 3.86. The molecule has 0 radical (unpaired) electrons. The summed E-state index contributed by atoms with van der Waals surface area (Å²) in [6.07, 6.45) is 0.712. The van der Waals surface area contributed by atoms with Crippen LogP contribution in [0, 0.1) is 0 Å². The lowest BCUT2D eigenvalue weighted by Gasteiger charge is -2.38. The topological polar surface area (TPSA) is 96.7 Å². The Hall–Kier alpha value is -3.48. The van der Waals surface area contributed by atoms with Gasteiger partial charge >= 0.3 is 6.03 Å². The van der Waals surface area contributed by atoms with Crippen LogP contribution in [-0.2, 0) is 12.0 Å². The Bertz CT molecular complexity index is 970. The van der Waals surface area contributed by atoms with Crippen molar-refractivity contribution in [2.45, 2.75) is 12.0 Å². The first kappa shape index (κ1) is 17.9. The number of hydrogen-bond acceptors (Lipinski definition) is 4. The standard InChI is InChI=1S/C21H22N4O3/c1-13-21(24-20(27)23-13,15-3-5-16(22)6-4-15)12-25-10-9-14-11-17(28-2)7-8-18(14)19(25)26/h3-8,11H,1,9-10,12,22H2,2H3,(H2,23,24,27). The number of carbonyl (C=O) groups is 2. The molecule has 1 saturated heterocycles. The van der Waals surface area contributed by atoms with E-state index >= 15 is 0 Å². The average molecular weight is 378 g/mol. The highest BCUT2D eigenvalue weighted by Gasteiger charge is 2.45. The maximum atomic E-state index is 13.1. The lowest BCUT2D eigenvalue weighted by Crippen LogP contribution is -2.52. The third kappa shape index (κ3) is 2.85. The summed E-state index contributed by atoms with van der Waals surface area (Å²) in [5.41, 5.74) is 8.47. The molecule has 0 saturated carbocycles. The summed E-state index contributed by atoms with van der Waals surface area (Å²) in [6.45, 7) is 4.85. The number of hydrogen-bond donors (Lipinski definition) is 3. The van der Waals surface area contributed by atoms with Crippen molar-refractivity contribution in [2.24, 2.45) is 0 Å². The van der Waals surface area contributed by atoms with Crippen LogP contribution in [0.1, 0.15) is 21.5 Å². The molecular formula is C21H22N4O3. The van der Waals surface area contributed by atoms with Gasteiger partial charge in [0.1, 0.15) is 11.3 Å². The lowest BCUT2D eigenvalue weighted by molar-refractivity contribution is 0.0701. The minimum absolute atomic E-state index is 0.0762. The number of nitrogen functional groups attached to an aromatic ring is 1. The number of nitrogens with zero attached hydrogens (tertiary/aromatic N) is 1. The number of rotatable bonds is 4. The van der Waals surface area contributed by atoms with Crippen molar-refractivity contribution in [2.75, 3.05) is 25.9 Å². The zero-order chi connectivity index (χ0) is 19.9. The lowest BCUT2D eigenvalue weighted by atomic mass is 9.86. The largest absolute Gasteiger partial charge is 0.497 e. The zero-order valence-electron chi connectivity index (χ0n) is 15.6. The summed E-state index contributed by atoms with van der Waals surface area (Å²) in [5, 5.41) is 5.69. The molecule has 7 heteroatoms. The van der Waals surface area contributed by atoms with Crippen LogP contribution in [0.3, 0.4) is 0 Å². The molecule has 3 amide bonds. The molecule has 1 unspecified atom stereocenters. The van der Waals surface area contributed by atoms with E-state index in [1.807, 2.05) is 18.2 Å². The number of methoxy groups -OCH3 is 1. The molecule has 1 fully saturated rings. The molecular weight excluding hydrogens is 356 g/mol. The van der Waals surface area contributed by atoms with Crippen molar-refractivity contribution >= 4 is 17.6 Å². The Morgan fingerprint density at radius 1 is 1.21 bits per heavy atom. The van der Waals surface area contributed by atoms with Gasteiger partial charge in [-0.05, 0) is 47.9 Å². The summed E-state index contributed by atoms with van der Waals surface area (Å²) in [5.74, 6) is 0.659. The molecule has 2 aromatic carbocycles. The van der Waals surface area contributed by atoms with E-state index < -0.39 is 5.54 Å². The molecule has 0 aromatic heterocycles. The summed E-state index contributed by atoms with van der Waals surface area (Å²) < 4.78 is 5.26. The van der Waals surface area contributed by atoms with Gasteiger partial charge in [-0.3, -0.25) is 4.79 Å². The van der Waals surface area contributed by atoms with E-state index in [4.69, 9.17) is 10.5 Å². The van der Waals surface area contributed by atoms with Crippen molar-refractivity contribution in [3.05, 3.63) is 71.4 Å². The highest BCUT2D eigenvalue weighted by molar-refractivity contribution is 5.97. The van der Waals surface area contributed by atoms with Crippen LogP contribution >= 0.6 is 0 Å². The van der Waals surface area contributed by atoms with Crippen LogP contribution in [-0.4, -0.2) is 37.0 Å². The Morgan fingerprint density at radius 2 is 1.96 bits per heavy atom. The van der Waals surface area contributed by atoms with E-state index in [1.54, 1.807) is 36.3 Å². The molecule has 7 nitrogen and oxygen atoms in total. The van der Waals surface area contributed by atoms with Crippen molar-refractivity contribution in [3.63, 3.8) is 0 Å². The monoisotopic (exact) mass is 378 g/mol. The SMILES string of the molecule is C=C1NC(=O)NC1(CN1CCc2cc(OC)ccc2C1=O)c1ccc(N)cc1. The second-order valence-corrected chi connectivity index (χ2v) is 7.08. The number of urea groups is 1. The molecule has 4 rings (SSSR count). The van der Waals surface area contributed by atoms with Crippen molar-refractivity contribution in [1.29, 1.82) is 0 Å². The van der Waals surface area contributed by atoms with Gasteiger partial charge in [-0.25, -0.2) is 4.79 Å². The van der Waals surface area contributed by atoms with Gasteiger partial charge in [-0.1, -0.05) is 18.7 Å². The van der Waals surface area contributed by atoms with Crippen LogP contribution in [0.5, 0.6) is 5.75 Å². The van der Waals surface area contributed by atoms with Gasteiger partial charge in [0, 0.05) is 23.5 Å². The average Bonchev–Trinajstić information content (AvgIpc) is 2.98. The Balaban J connectivity index is 1.68. The van der Waals surface area contributed by atoms with Crippen LogP contribution in [0.4, 0.5) is 10.5 Å². The van der Waals surface area contributed by atoms with Crippen molar-refractivity contribution in [3.8, 4) is 5.75 Å². The van der Waals surface area contributed by atoms with E-state index in [-0.39, 0.29) is 18.5 Å². The molecule has 0 bridgehead atoms. The maximum Gasteiger partial charge on any atom is 0.320 e. The maximum absolute atomic E-state index is 13.1. The van der Waals surface area contributed by atoms with E-state index in [0.717, 1.165) is 16.9 Å². The van der Waals surface area contributed by atoms with Gasteiger partial charge in [0.15, 0.2) is 0 Å². The number of fused-ring (bicyclic) bond motifs is 1. The second-order valence-electron chi connectivity index (χ2n) is 7.08. The molecule has 28 heavy (non-hydrogen) atoms. The summed E-state index contributed by atoms with van der Waals surface area (Å²) in [7, 11) is 1.61. The number of anilines is 1. The summed E-state index contributed by atoms with van der Waals surface area (Å²) in [4.78, 5) is 27.0. The number of ether oxygens (including phenoxy) is 1. The van der Waals surface area contributed by atoms with Crippen LogP contribution < -0.4 is 21.1 Å². The third-order valence-electron chi connectivity index (χ3n) is 5.42. The highest BCUT2D eigenvalue weighted by Crippen LogP contribution is 2.34. The quantitative estimate of drug-likeness (QED) is 0.709. The van der Waals surface area contributed by atoms with E-state index in [0.29, 0.717) is 29.9 Å². The first-order valence-electron chi connectivity index (χ1n) is 9.04. The second kappa shape index (κ2) is 6.60. The smallest absolute Gasteiger partial charge is 0.320 e. The molecule has 1 atom stereocenters.